The second-order valence-corrected chi connectivity index (χ2v) is 7.94. The minimum Gasteiger partial charge on any atom is -0.352 e. The SMILES string of the molecule is O=C(NCc1cc(F)cc(Br)c1)C1CCCN(C(=O)c2ccc(Cl)cc2)C1. The largest absolute Gasteiger partial charge is 0.352 e. The lowest BCUT2D eigenvalue weighted by Crippen LogP contribution is -2.45. The standard InChI is InChI=1S/C20H19BrClFN2O2/c21-16-8-13(9-18(23)10-16)11-24-19(26)15-2-1-7-25(12-15)20(27)14-3-5-17(22)6-4-14/h3-6,8-10,15H,1-2,7,11-12H2,(H,24,26). The highest BCUT2D eigenvalue weighted by atomic mass is 79.9. The van der Waals surface area contributed by atoms with Crippen LogP contribution in [-0.2, 0) is 11.3 Å². The van der Waals surface area contributed by atoms with Crippen molar-refractivity contribution >= 4 is 39.3 Å². The van der Waals surface area contributed by atoms with Crippen molar-refractivity contribution < 1.29 is 14.0 Å². The molecule has 0 bridgehead atoms. The summed E-state index contributed by atoms with van der Waals surface area (Å²) in [5.74, 6) is -0.847. The van der Waals surface area contributed by atoms with Crippen LogP contribution >= 0.6 is 27.5 Å². The topological polar surface area (TPSA) is 49.4 Å². The zero-order valence-electron chi connectivity index (χ0n) is 14.6. The van der Waals surface area contributed by atoms with Crippen molar-refractivity contribution in [2.45, 2.75) is 19.4 Å². The Bertz CT molecular complexity index is 824. The minimum atomic E-state index is -0.356. The van der Waals surface area contributed by atoms with Gasteiger partial charge in [0.25, 0.3) is 5.91 Å². The van der Waals surface area contributed by atoms with Crippen molar-refractivity contribution in [2.75, 3.05) is 13.1 Å². The number of nitrogens with zero attached hydrogens (tertiary/aromatic N) is 1. The van der Waals surface area contributed by atoms with E-state index < -0.39 is 0 Å². The Balaban J connectivity index is 1.59. The number of benzene rings is 2. The van der Waals surface area contributed by atoms with Crippen LogP contribution < -0.4 is 5.32 Å². The van der Waals surface area contributed by atoms with E-state index in [1.807, 2.05) is 0 Å². The molecule has 142 valence electrons. The molecule has 1 N–H and O–H groups in total. The quantitative estimate of drug-likeness (QED) is 0.745. The minimum absolute atomic E-state index is 0.0989. The zero-order chi connectivity index (χ0) is 19.4. The molecule has 1 atom stereocenters. The molecule has 1 fully saturated rings. The Hall–Kier alpha value is -1.92. The fourth-order valence-corrected chi connectivity index (χ4v) is 3.84. The van der Waals surface area contributed by atoms with Crippen molar-refractivity contribution in [1.82, 2.24) is 10.2 Å². The predicted molar refractivity (Wildman–Crippen MR) is 106 cm³/mol. The Labute approximate surface area is 170 Å². The second kappa shape index (κ2) is 8.85. The van der Waals surface area contributed by atoms with Gasteiger partial charge in [-0.1, -0.05) is 27.5 Å². The third kappa shape index (κ3) is 5.30. The summed E-state index contributed by atoms with van der Waals surface area (Å²) < 4.78 is 14.1. The summed E-state index contributed by atoms with van der Waals surface area (Å²) in [6, 6.07) is 11.3. The summed E-state index contributed by atoms with van der Waals surface area (Å²) in [4.78, 5) is 26.9. The Morgan fingerprint density at radius 2 is 1.96 bits per heavy atom. The van der Waals surface area contributed by atoms with Gasteiger partial charge < -0.3 is 10.2 Å². The molecule has 0 radical (unpaired) electrons. The van der Waals surface area contributed by atoms with Gasteiger partial charge in [-0.25, -0.2) is 4.39 Å². The first-order valence-corrected chi connectivity index (χ1v) is 9.87. The molecule has 2 aromatic carbocycles. The maximum Gasteiger partial charge on any atom is 0.253 e. The number of amides is 2. The summed E-state index contributed by atoms with van der Waals surface area (Å²) in [6.45, 7) is 1.25. The molecule has 27 heavy (non-hydrogen) atoms. The van der Waals surface area contributed by atoms with Crippen molar-refractivity contribution in [3.8, 4) is 0 Å². The molecule has 2 aromatic rings. The molecule has 1 saturated heterocycles. The first-order chi connectivity index (χ1) is 12.9. The lowest BCUT2D eigenvalue weighted by Gasteiger charge is -2.32. The second-order valence-electron chi connectivity index (χ2n) is 6.59. The fraction of sp³-hybridized carbons (Fsp3) is 0.300. The number of piperidine rings is 1. The van der Waals surface area contributed by atoms with Gasteiger partial charge in [-0.3, -0.25) is 9.59 Å². The molecule has 4 nitrogen and oxygen atoms in total. The van der Waals surface area contributed by atoms with Crippen molar-refractivity contribution in [1.29, 1.82) is 0 Å². The number of hydrogen-bond acceptors (Lipinski definition) is 2. The van der Waals surface area contributed by atoms with Crippen LogP contribution in [0, 0.1) is 11.7 Å². The maximum atomic E-state index is 13.4. The molecule has 1 aliphatic rings. The molecular formula is C20H19BrClFN2O2. The van der Waals surface area contributed by atoms with Crippen LogP contribution in [0.4, 0.5) is 4.39 Å². The van der Waals surface area contributed by atoms with Gasteiger partial charge in [0.15, 0.2) is 0 Å². The van der Waals surface area contributed by atoms with Gasteiger partial charge in [-0.05, 0) is 60.9 Å². The van der Waals surface area contributed by atoms with Crippen LogP contribution in [0.2, 0.25) is 5.02 Å². The van der Waals surface area contributed by atoms with Crippen molar-refractivity contribution in [3.63, 3.8) is 0 Å². The van der Waals surface area contributed by atoms with E-state index in [1.165, 1.54) is 12.1 Å². The van der Waals surface area contributed by atoms with E-state index in [4.69, 9.17) is 11.6 Å². The van der Waals surface area contributed by atoms with Gasteiger partial charge in [0.2, 0.25) is 5.91 Å². The molecule has 0 saturated carbocycles. The van der Waals surface area contributed by atoms with Crippen LogP contribution in [0.5, 0.6) is 0 Å². The lowest BCUT2D eigenvalue weighted by molar-refractivity contribution is -0.126. The van der Waals surface area contributed by atoms with E-state index in [0.29, 0.717) is 33.7 Å². The van der Waals surface area contributed by atoms with E-state index in [0.717, 1.165) is 12.8 Å². The summed E-state index contributed by atoms with van der Waals surface area (Å²) in [5, 5.41) is 3.42. The maximum absolute atomic E-state index is 13.4. The molecule has 7 heteroatoms. The molecule has 2 amide bonds. The van der Waals surface area contributed by atoms with Crippen LogP contribution in [0.3, 0.4) is 0 Å². The van der Waals surface area contributed by atoms with E-state index in [1.54, 1.807) is 35.2 Å². The van der Waals surface area contributed by atoms with Crippen LogP contribution in [-0.4, -0.2) is 29.8 Å². The summed E-state index contributed by atoms with van der Waals surface area (Å²) in [7, 11) is 0. The van der Waals surface area contributed by atoms with E-state index in [-0.39, 0.29) is 30.1 Å². The van der Waals surface area contributed by atoms with Crippen molar-refractivity contribution in [2.24, 2.45) is 5.92 Å². The number of nitrogens with one attached hydrogen (secondary N) is 1. The molecule has 0 spiro atoms. The summed E-state index contributed by atoms with van der Waals surface area (Å²) >= 11 is 9.11. The Morgan fingerprint density at radius 3 is 2.67 bits per heavy atom. The monoisotopic (exact) mass is 452 g/mol. The number of halogens is 3. The zero-order valence-corrected chi connectivity index (χ0v) is 16.9. The van der Waals surface area contributed by atoms with E-state index >= 15 is 0 Å². The first-order valence-electron chi connectivity index (χ1n) is 8.70. The molecule has 0 aliphatic carbocycles. The number of likely N-dealkylation sites (tertiary alicyclic amines) is 1. The highest BCUT2D eigenvalue weighted by Gasteiger charge is 2.28. The van der Waals surface area contributed by atoms with E-state index in [2.05, 4.69) is 21.2 Å². The molecule has 1 aliphatic heterocycles. The molecular weight excluding hydrogens is 435 g/mol. The smallest absolute Gasteiger partial charge is 0.253 e. The van der Waals surface area contributed by atoms with Gasteiger partial charge in [0, 0.05) is 34.7 Å². The number of carbonyl (C=O) groups excluding carboxylic acids is 2. The van der Waals surface area contributed by atoms with Gasteiger partial charge in [0.05, 0.1) is 5.92 Å². The van der Waals surface area contributed by atoms with Gasteiger partial charge >= 0.3 is 0 Å². The molecule has 1 heterocycles. The average Bonchev–Trinajstić information content (AvgIpc) is 2.65. The molecule has 0 aromatic heterocycles. The van der Waals surface area contributed by atoms with Gasteiger partial charge in [0.1, 0.15) is 5.82 Å². The summed E-state index contributed by atoms with van der Waals surface area (Å²) in [5.41, 5.74) is 1.24. The fourth-order valence-electron chi connectivity index (χ4n) is 3.20. The predicted octanol–water partition coefficient (Wildman–Crippen LogP) is 4.41. The van der Waals surface area contributed by atoms with Gasteiger partial charge in [-0.2, -0.15) is 0 Å². The summed E-state index contributed by atoms with van der Waals surface area (Å²) in [6.07, 6.45) is 1.49. The number of hydrogen-bond donors (Lipinski definition) is 1. The Morgan fingerprint density at radius 1 is 1.22 bits per heavy atom. The van der Waals surface area contributed by atoms with Crippen molar-refractivity contribution in [3.05, 3.63) is 68.9 Å². The van der Waals surface area contributed by atoms with Crippen LogP contribution in [0.25, 0.3) is 0 Å². The highest BCUT2D eigenvalue weighted by Crippen LogP contribution is 2.20. The van der Waals surface area contributed by atoms with Gasteiger partial charge in [-0.15, -0.1) is 0 Å². The molecule has 1 unspecified atom stereocenters. The van der Waals surface area contributed by atoms with E-state index in [9.17, 15) is 14.0 Å². The third-order valence-electron chi connectivity index (χ3n) is 4.56. The molecule has 3 rings (SSSR count). The number of rotatable bonds is 4. The number of carbonyl (C=O) groups is 2. The lowest BCUT2D eigenvalue weighted by atomic mass is 9.96. The third-order valence-corrected chi connectivity index (χ3v) is 5.27. The average molecular weight is 454 g/mol. The van der Waals surface area contributed by atoms with Crippen LogP contribution in [0.15, 0.2) is 46.9 Å². The normalized spacial score (nSPS) is 16.9. The first kappa shape index (κ1) is 19.8. The Kier molecular flexibility index (Phi) is 6.50. The highest BCUT2D eigenvalue weighted by molar-refractivity contribution is 9.10. The van der Waals surface area contributed by atoms with Crippen LogP contribution in [0.1, 0.15) is 28.8 Å².